The summed E-state index contributed by atoms with van der Waals surface area (Å²) >= 11 is 0. The Morgan fingerprint density at radius 2 is 1.96 bits per heavy atom. The lowest BCUT2D eigenvalue weighted by Gasteiger charge is -2.27. The molecule has 0 bridgehead atoms. The third-order valence-corrected chi connectivity index (χ3v) is 5.01. The van der Waals surface area contributed by atoms with E-state index in [2.05, 4.69) is 14.7 Å². The number of anilines is 1. The van der Waals surface area contributed by atoms with Gasteiger partial charge in [0.05, 0.1) is 19.8 Å². The Bertz CT molecular complexity index is 810. The molecule has 0 saturated carbocycles. The molecular formula is C15H17FN4O3S. The first-order valence-corrected chi connectivity index (χ1v) is 8.93. The number of halogens is 1. The van der Waals surface area contributed by atoms with Gasteiger partial charge in [-0.15, -0.1) is 0 Å². The van der Waals surface area contributed by atoms with E-state index in [0.29, 0.717) is 24.9 Å². The SMILES string of the molecule is O=S(=O)(NCc1nccc(N2CCOCC2)n1)c1ccccc1F. The van der Waals surface area contributed by atoms with E-state index >= 15 is 0 Å². The van der Waals surface area contributed by atoms with Gasteiger partial charge < -0.3 is 9.64 Å². The lowest BCUT2D eigenvalue weighted by molar-refractivity contribution is 0.122. The van der Waals surface area contributed by atoms with E-state index in [4.69, 9.17) is 4.74 Å². The zero-order valence-electron chi connectivity index (χ0n) is 12.9. The normalized spacial score (nSPS) is 15.5. The molecule has 0 aliphatic carbocycles. The average Bonchev–Trinajstić information content (AvgIpc) is 2.61. The lowest BCUT2D eigenvalue weighted by Crippen LogP contribution is -2.37. The second-order valence-electron chi connectivity index (χ2n) is 5.19. The molecule has 0 unspecified atom stereocenters. The van der Waals surface area contributed by atoms with Crippen LogP contribution in [0.3, 0.4) is 0 Å². The summed E-state index contributed by atoms with van der Waals surface area (Å²) in [6.45, 7) is 2.57. The smallest absolute Gasteiger partial charge is 0.243 e. The van der Waals surface area contributed by atoms with Crippen LogP contribution in [0, 0.1) is 5.82 Å². The van der Waals surface area contributed by atoms with Gasteiger partial charge in [-0.25, -0.2) is 27.5 Å². The molecule has 1 aliphatic heterocycles. The van der Waals surface area contributed by atoms with Crippen LogP contribution in [0.25, 0.3) is 0 Å². The lowest BCUT2D eigenvalue weighted by atomic mass is 10.4. The van der Waals surface area contributed by atoms with Gasteiger partial charge in [0.2, 0.25) is 10.0 Å². The van der Waals surface area contributed by atoms with E-state index in [-0.39, 0.29) is 6.54 Å². The topological polar surface area (TPSA) is 84.4 Å². The molecule has 2 aromatic rings. The molecule has 3 rings (SSSR count). The summed E-state index contributed by atoms with van der Waals surface area (Å²) in [6.07, 6.45) is 1.57. The number of morpholine rings is 1. The summed E-state index contributed by atoms with van der Waals surface area (Å²) in [7, 11) is -3.97. The van der Waals surface area contributed by atoms with Crippen LogP contribution in [0.5, 0.6) is 0 Å². The number of hydrogen-bond donors (Lipinski definition) is 1. The van der Waals surface area contributed by atoms with Crippen molar-refractivity contribution in [2.45, 2.75) is 11.4 Å². The van der Waals surface area contributed by atoms with Crippen LogP contribution in [-0.2, 0) is 21.3 Å². The molecule has 7 nitrogen and oxygen atoms in total. The van der Waals surface area contributed by atoms with Crippen LogP contribution in [0.15, 0.2) is 41.4 Å². The fraction of sp³-hybridized carbons (Fsp3) is 0.333. The number of sulfonamides is 1. The summed E-state index contributed by atoms with van der Waals surface area (Å²) in [5.74, 6) is 0.236. The number of nitrogens with zero attached hydrogens (tertiary/aromatic N) is 3. The fourth-order valence-electron chi connectivity index (χ4n) is 2.34. The highest BCUT2D eigenvalue weighted by Crippen LogP contribution is 2.14. The first-order chi connectivity index (χ1) is 11.6. The molecule has 0 amide bonds. The average molecular weight is 352 g/mol. The molecule has 1 saturated heterocycles. The first kappa shape index (κ1) is 16.7. The molecule has 0 radical (unpaired) electrons. The third kappa shape index (κ3) is 3.86. The van der Waals surface area contributed by atoms with Crippen LogP contribution >= 0.6 is 0 Å². The van der Waals surface area contributed by atoms with Crippen molar-refractivity contribution in [3.05, 3.63) is 48.2 Å². The Kier molecular flexibility index (Phi) is 5.03. The number of nitrogens with one attached hydrogen (secondary N) is 1. The summed E-state index contributed by atoms with van der Waals surface area (Å²) in [4.78, 5) is 10.1. The maximum atomic E-state index is 13.6. The van der Waals surface area contributed by atoms with Crippen LogP contribution in [0.2, 0.25) is 0 Å². The van der Waals surface area contributed by atoms with E-state index in [1.807, 2.05) is 4.90 Å². The monoisotopic (exact) mass is 352 g/mol. The highest BCUT2D eigenvalue weighted by Gasteiger charge is 2.19. The highest BCUT2D eigenvalue weighted by molar-refractivity contribution is 7.89. The summed E-state index contributed by atoms with van der Waals surface area (Å²) in [5.41, 5.74) is 0. The van der Waals surface area contributed by atoms with E-state index < -0.39 is 20.7 Å². The maximum Gasteiger partial charge on any atom is 0.243 e. The molecule has 1 fully saturated rings. The molecule has 2 heterocycles. The van der Waals surface area contributed by atoms with Gasteiger partial charge in [0, 0.05) is 19.3 Å². The molecule has 0 atom stereocenters. The van der Waals surface area contributed by atoms with Crippen molar-refractivity contribution in [2.24, 2.45) is 0 Å². The summed E-state index contributed by atoms with van der Waals surface area (Å²) < 4.78 is 45.6. The largest absolute Gasteiger partial charge is 0.378 e. The van der Waals surface area contributed by atoms with Crippen molar-refractivity contribution >= 4 is 15.8 Å². The number of benzene rings is 1. The molecule has 128 valence electrons. The minimum absolute atomic E-state index is 0.116. The van der Waals surface area contributed by atoms with Gasteiger partial charge in [0.15, 0.2) is 0 Å². The van der Waals surface area contributed by atoms with Gasteiger partial charge in [0.1, 0.15) is 22.4 Å². The van der Waals surface area contributed by atoms with E-state index in [9.17, 15) is 12.8 Å². The van der Waals surface area contributed by atoms with Gasteiger partial charge in [-0.1, -0.05) is 12.1 Å². The van der Waals surface area contributed by atoms with Crippen molar-refractivity contribution in [1.29, 1.82) is 0 Å². The molecule has 1 aliphatic rings. The predicted molar refractivity (Wildman–Crippen MR) is 85.5 cm³/mol. The molecular weight excluding hydrogens is 335 g/mol. The van der Waals surface area contributed by atoms with E-state index in [1.165, 1.54) is 18.2 Å². The van der Waals surface area contributed by atoms with Crippen molar-refractivity contribution < 1.29 is 17.5 Å². The van der Waals surface area contributed by atoms with Gasteiger partial charge in [-0.3, -0.25) is 0 Å². The Hall–Kier alpha value is -2.10. The zero-order valence-corrected chi connectivity index (χ0v) is 13.7. The number of rotatable bonds is 5. The fourth-order valence-corrected chi connectivity index (χ4v) is 3.40. The Labute approximate surface area is 139 Å². The predicted octanol–water partition coefficient (Wildman–Crippen LogP) is 0.931. The van der Waals surface area contributed by atoms with Crippen molar-refractivity contribution in [1.82, 2.24) is 14.7 Å². The summed E-state index contributed by atoms with van der Waals surface area (Å²) in [5, 5.41) is 0. The summed E-state index contributed by atoms with van der Waals surface area (Å²) in [6, 6.07) is 6.98. The van der Waals surface area contributed by atoms with Crippen molar-refractivity contribution in [3.63, 3.8) is 0 Å². The Balaban J connectivity index is 1.71. The molecule has 1 N–H and O–H groups in total. The van der Waals surface area contributed by atoms with Crippen LogP contribution < -0.4 is 9.62 Å². The number of hydrogen-bond acceptors (Lipinski definition) is 6. The molecule has 1 aromatic heterocycles. The van der Waals surface area contributed by atoms with Crippen LogP contribution in [0.1, 0.15) is 5.82 Å². The van der Waals surface area contributed by atoms with Gasteiger partial charge in [0.25, 0.3) is 0 Å². The quantitative estimate of drug-likeness (QED) is 0.862. The number of aromatic nitrogens is 2. The molecule has 1 aromatic carbocycles. The minimum Gasteiger partial charge on any atom is -0.378 e. The van der Waals surface area contributed by atoms with Gasteiger partial charge >= 0.3 is 0 Å². The molecule has 24 heavy (non-hydrogen) atoms. The molecule has 9 heteroatoms. The number of ether oxygens (including phenoxy) is 1. The second kappa shape index (κ2) is 7.20. The van der Waals surface area contributed by atoms with Crippen LogP contribution in [0.4, 0.5) is 10.2 Å². The first-order valence-electron chi connectivity index (χ1n) is 7.45. The van der Waals surface area contributed by atoms with Crippen molar-refractivity contribution in [3.8, 4) is 0 Å². The highest BCUT2D eigenvalue weighted by atomic mass is 32.2. The zero-order chi connectivity index (χ0) is 17.0. The minimum atomic E-state index is -3.97. The second-order valence-corrected chi connectivity index (χ2v) is 6.92. The Morgan fingerprint density at radius 1 is 1.21 bits per heavy atom. The van der Waals surface area contributed by atoms with Gasteiger partial charge in [-0.05, 0) is 18.2 Å². The van der Waals surface area contributed by atoms with Gasteiger partial charge in [-0.2, -0.15) is 0 Å². The van der Waals surface area contributed by atoms with E-state index in [1.54, 1.807) is 12.3 Å². The maximum absolute atomic E-state index is 13.6. The third-order valence-electron chi connectivity index (χ3n) is 3.57. The van der Waals surface area contributed by atoms with Crippen molar-refractivity contribution in [2.75, 3.05) is 31.2 Å². The van der Waals surface area contributed by atoms with E-state index in [0.717, 1.165) is 19.2 Å². The Morgan fingerprint density at radius 3 is 2.71 bits per heavy atom. The molecule has 0 spiro atoms. The van der Waals surface area contributed by atoms with Crippen LogP contribution in [-0.4, -0.2) is 44.7 Å². The standard InChI is InChI=1S/C15H17FN4O3S/c16-12-3-1-2-4-13(12)24(21,22)18-11-14-17-6-5-15(19-14)20-7-9-23-10-8-20/h1-6,18H,7-11H2.